The Bertz CT molecular complexity index is 1330. The minimum Gasteiger partial charge on any atom is -0.494 e. The number of urea groups is 1. The Labute approximate surface area is 217 Å². The molecule has 3 aliphatic rings. The van der Waals surface area contributed by atoms with E-state index in [1.54, 1.807) is 0 Å². The van der Waals surface area contributed by atoms with Crippen LogP contribution in [0.5, 0.6) is 5.75 Å². The first-order valence-electron chi connectivity index (χ1n) is 13.3. The molecule has 8 heteroatoms. The highest BCUT2D eigenvalue weighted by Crippen LogP contribution is 2.48. The number of ether oxygens (including phenoxy) is 1. The van der Waals surface area contributed by atoms with Crippen molar-refractivity contribution in [1.82, 2.24) is 24.6 Å². The summed E-state index contributed by atoms with van der Waals surface area (Å²) in [5, 5.41) is 1.05. The van der Waals surface area contributed by atoms with Gasteiger partial charge in [-0.25, -0.2) is 4.79 Å². The fourth-order valence-corrected chi connectivity index (χ4v) is 6.24. The molecule has 4 heterocycles. The van der Waals surface area contributed by atoms with Gasteiger partial charge in [0.1, 0.15) is 17.3 Å². The first-order chi connectivity index (χ1) is 17.9. The summed E-state index contributed by atoms with van der Waals surface area (Å²) < 4.78 is 5.79. The summed E-state index contributed by atoms with van der Waals surface area (Å²) in [4.78, 5) is 39.6. The number of imide groups is 1. The number of likely N-dealkylation sites (N-methyl/N-ethyl adjacent to an activating group) is 1. The number of H-pyrrole nitrogens is 1. The molecule has 0 bridgehead atoms. The molecule has 1 N–H and O–H groups in total. The van der Waals surface area contributed by atoms with Crippen molar-refractivity contribution in [2.45, 2.75) is 31.8 Å². The third-order valence-corrected chi connectivity index (χ3v) is 8.30. The minimum absolute atomic E-state index is 0.103. The number of amides is 3. The predicted molar refractivity (Wildman–Crippen MR) is 143 cm³/mol. The topological polar surface area (TPSA) is 72.1 Å². The number of benzene rings is 2. The van der Waals surface area contributed by atoms with Crippen molar-refractivity contribution in [3.05, 3.63) is 65.4 Å². The molecule has 0 radical (unpaired) electrons. The molecule has 0 spiro atoms. The number of aromatic amines is 1. The number of nitrogens with one attached hydrogen (secondary N) is 1. The standard InChI is InChI=1S/C29H35N5O3/c1-4-37-21-10-11-24-22(18-21)23-19-29(2)27(35)33(17-16-32-14-12-31(3)13-15-32)28(36)34(29)26(25(23)30-24)20-8-6-5-7-9-20/h5-11,18,26,30H,4,12-17,19H2,1-3H3. The highest BCUT2D eigenvalue weighted by molar-refractivity contribution is 6.08. The Kier molecular flexibility index (Phi) is 5.96. The van der Waals surface area contributed by atoms with Crippen molar-refractivity contribution in [1.29, 1.82) is 0 Å². The number of carbonyl (C=O) groups excluding carboxylic acids is 2. The van der Waals surface area contributed by atoms with Gasteiger partial charge >= 0.3 is 6.03 Å². The van der Waals surface area contributed by atoms with Gasteiger partial charge in [-0.05, 0) is 50.2 Å². The van der Waals surface area contributed by atoms with Crippen LogP contribution in [0, 0.1) is 0 Å². The van der Waals surface area contributed by atoms with E-state index >= 15 is 0 Å². The Hall–Kier alpha value is -3.36. The molecule has 194 valence electrons. The maximum absolute atomic E-state index is 14.0. The summed E-state index contributed by atoms with van der Waals surface area (Å²) in [7, 11) is 2.13. The van der Waals surface area contributed by atoms with Crippen molar-refractivity contribution >= 4 is 22.8 Å². The van der Waals surface area contributed by atoms with Gasteiger partial charge < -0.3 is 14.6 Å². The van der Waals surface area contributed by atoms with Gasteiger partial charge in [-0.2, -0.15) is 0 Å². The Balaban J connectivity index is 1.39. The molecule has 3 amide bonds. The van der Waals surface area contributed by atoms with Crippen LogP contribution in [0.3, 0.4) is 0 Å². The van der Waals surface area contributed by atoms with Crippen LogP contribution in [0.1, 0.15) is 36.7 Å². The zero-order valence-electron chi connectivity index (χ0n) is 21.9. The van der Waals surface area contributed by atoms with Crippen LogP contribution >= 0.6 is 0 Å². The fraction of sp³-hybridized carbons (Fsp3) is 0.448. The molecule has 37 heavy (non-hydrogen) atoms. The summed E-state index contributed by atoms with van der Waals surface area (Å²) in [6.45, 7) is 9.55. The Morgan fingerprint density at radius 3 is 2.51 bits per heavy atom. The molecule has 2 atom stereocenters. The van der Waals surface area contributed by atoms with Crippen LogP contribution in [-0.4, -0.2) is 95.0 Å². The number of aromatic nitrogens is 1. The second kappa shape index (κ2) is 9.19. The molecule has 0 aliphatic carbocycles. The van der Waals surface area contributed by atoms with E-state index in [9.17, 15) is 9.59 Å². The van der Waals surface area contributed by atoms with Gasteiger partial charge in [-0.15, -0.1) is 0 Å². The van der Waals surface area contributed by atoms with Crippen LogP contribution < -0.4 is 4.74 Å². The van der Waals surface area contributed by atoms with Crippen LogP contribution in [0.15, 0.2) is 48.5 Å². The zero-order valence-corrected chi connectivity index (χ0v) is 21.9. The van der Waals surface area contributed by atoms with Crippen LogP contribution in [0.4, 0.5) is 4.79 Å². The second-order valence-electron chi connectivity index (χ2n) is 10.7. The molecule has 1 aromatic heterocycles. The van der Waals surface area contributed by atoms with Crippen LogP contribution in [0.2, 0.25) is 0 Å². The maximum atomic E-state index is 14.0. The van der Waals surface area contributed by atoms with Crippen molar-refractivity contribution < 1.29 is 14.3 Å². The SMILES string of the molecule is CCOc1ccc2[nH]c3c(c2c1)CC1(C)C(=O)N(CCN2CCN(C)CC2)C(=O)N1C3c1ccccc1. The molecule has 3 aromatic rings. The Morgan fingerprint density at radius 2 is 1.78 bits per heavy atom. The van der Waals surface area contributed by atoms with Gasteiger partial charge in [0.25, 0.3) is 5.91 Å². The zero-order chi connectivity index (χ0) is 25.7. The number of carbonyl (C=O) groups is 2. The monoisotopic (exact) mass is 501 g/mol. The van der Waals surface area contributed by atoms with Gasteiger partial charge in [-0.3, -0.25) is 19.5 Å². The van der Waals surface area contributed by atoms with Crippen LogP contribution in [-0.2, 0) is 11.2 Å². The number of hydrogen-bond acceptors (Lipinski definition) is 5. The van der Waals surface area contributed by atoms with Gasteiger partial charge in [0, 0.05) is 62.3 Å². The normalized spacial score (nSPS) is 24.6. The van der Waals surface area contributed by atoms with E-state index in [2.05, 4.69) is 27.9 Å². The maximum Gasteiger partial charge on any atom is 0.328 e. The average Bonchev–Trinajstić information content (AvgIpc) is 3.34. The molecule has 3 aliphatic heterocycles. The Morgan fingerprint density at radius 1 is 1.03 bits per heavy atom. The highest BCUT2D eigenvalue weighted by Gasteiger charge is 2.60. The molecule has 2 aromatic carbocycles. The lowest BCUT2D eigenvalue weighted by atomic mass is 9.81. The van der Waals surface area contributed by atoms with Gasteiger partial charge in [-0.1, -0.05) is 30.3 Å². The van der Waals surface area contributed by atoms with E-state index in [4.69, 9.17) is 4.74 Å². The molecule has 2 saturated heterocycles. The molecule has 6 rings (SSSR count). The quantitative estimate of drug-likeness (QED) is 0.524. The summed E-state index contributed by atoms with van der Waals surface area (Å²) in [6.07, 6.45) is 0.469. The number of fused-ring (bicyclic) bond motifs is 4. The first-order valence-corrected chi connectivity index (χ1v) is 13.3. The largest absolute Gasteiger partial charge is 0.494 e. The molecule has 0 saturated carbocycles. The number of rotatable bonds is 6. The summed E-state index contributed by atoms with van der Waals surface area (Å²) in [5.74, 6) is 0.705. The van der Waals surface area contributed by atoms with Crippen molar-refractivity contribution in [3.8, 4) is 5.75 Å². The predicted octanol–water partition coefficient (Wildman–Crippen LogP) is 3.48. The highest BCUT2D eigenvalue weighted by atomic mass is 16.5. The van der Waals surface area contributed by atoms with Crippen molar-refractivity contribution in [3.63, 3.8) is 0 Å². The molecule has 2 fully saturated rings. The molecular weight excluding hydrogens is 466 g/mol. The minimum atomic E-state index is -0.955. The third-order valence-electron chi connectivity index (χ3n) is 8.30. The summed E-state index contributed by atoms with van der Waals surface area (Å²) in [6, 6.07) is 15.5. The lowest BCUT2D eigenvalue weighted by Crippen LogP contribution is -2.53. The summed E-state index contributed by atoms with van der Waals surface area (Å²) in [5.41, 5.74) is 3.10. The van der Waals surface area contributed by atoms with E-state index in [0.717, 1.165) is 59.7 Å². The van der Waals surface area contributed by atoms with Crippen molar-refractivity contribution in [2.75, 3.05) is 52.9 Å². The lowest BCUT2D eigenvalue weighted by molar-refractivity contribution is -0.133. The van der Waals surface area contributed by atoms with Gasteiger partial charge in [0.2, 0.25) is 0 Å². The van der Waals surface area contributed by atoms with E-state index in [0.29, 0.717) is 26.1 Å². The molecule has 2 unspecified atom stereocenters. The third kappa shape index (κ3) is 3.90. The first kappa shape index (κ1) is 24.0. The number of piperazine rings is 1. The van der Waals surface area contributed by atoms with E-state index < -0.39 is 5.54 Å². The van der Waals surface area contributed by atoms with Gasteiger partial charge in [0.15, 0.2) is 0 Å². The second-order valence-corrected chi connectivity index (χ2v) is 10.7. The smallest absolute Gasteiger partial charge is 0.328 e. The molecule has 8 nitrogen and oxygen atoms in total. The van der Waals surface area contributed by atoms with Crippen LogP contribution in [0.25, 0.3) is 10.9 Å². The average molecular weight is 502 g/mol. The molecular formula is C29H35N5O3. The summed E-state index contributed by atoms with van der Waals surface area (Å²) >= 11 is 0. The number of hydrogen-bond donors (Lipinski definition) is 1. The van der Waals surface area contributed by atoms with Crippen molar-refractivity contribution in [2.24, 2.45) is 0 Å². The number of nitrogens with zero attached hydrogens (tertiary/aromatic N) is 4. The van der Waals surface area contributed by atoms with E-state index in [-0.39, 0.29) is 18.0 Å². The lowest BCUT2D eigenvalue weighted by Gasteiger charge is -2.42. The fourth-order valence-electron chi connectivity index (χ4n) is 6.24. The van der Waals surface area contributed by atoms with Gasteiger partial charge in [0.05, 0.1) is 6.61 Å². The van der Waals surface area contributed by atoms with E-state index in [1.165, 1.54) is 4.90 Å². The van der Waals surface area contributed by atoms with E-state index in [1.807, 2.05) is 61.2 Å².